The second-order valence-corrected chi connectivity index (χ2v) is 8.47. The number of benzene rings is 1. The number of carbonyl (C=O) groups excluding carboxylic acids is 4. The van der Waals surface area contributed by atoms with Gasteiger partial charge in [-0.1, -0.05) is 15.9 Å². The Morgan fingerprint density at radius 2 is 1.90 bits per heavy atom. The van der Waals surface area contributed by atoms with Crippen LogP contribution in [-0.2, 0) is 28.6 Å². The van der Waals surface area contributed by atoms with E-state index in [9.17, 15) is 19.2 Å². The summed E-state index contributed by atoms with van der Waals surface area (Å²) in [5.41, 5.74) is 0.834. The Bertz CT molecular complexity index is 855. The molecule has 3 aliphatic rings. The average molecular weight is 466 g/mol. The van der Waals surface area contributed by atoms with Crippen molar-refractivity contribution in [2.75, 3.05) is 18.5 Å². The maximum Gasteiger partial charge on any atom is 0.338 e. The van der Waals surface area contributed by atoms with E-state index in [1.165, 1.54) is 12.1 Å². The molecular formula is C20H20BrNO7. The monoisotopic (exact) mass is 465 g/mol. The number of amides is 1. The second kappa shape index (κ2) is 7.78. The predicted octanol–water partition coefficient (Wildman–Crippen LogP) is 1.92. The van der Waals surface area contributed by atoms with Crippen LogP contribution >= 0.6 is 15.9 Å². The van der Waals surface area contributed by atoms with Crippen molar-refractivity contribution < 1.29 is 33.4 Å². The molecule has 154 valence electrons. The van der Waals surface area contributed by atoms with Crippen LogP contribution in [0.3, 0.4) is 0 Å². The van der Waals surface area contributed by atoms with Crippen molar-refractivity contribution in [1.29, 1.82) is 0 Å². The van der Waals surface area contributed by atoms with Gasteiger partial charge in [-0.3, -0.25) is 14.4 Å². The Kier molecular flexibility index (Phi) is 5.33. The van der Waals surface area contributed by atoms with E-state index < -0.39 is 36.3 Å². The molecule has 1 aromatic rings. The van der Waals surface area contributed by atoms with E-state index >= 15 is 0 Å². The zero-order valence-electron chi connectivity index (χ0n) is 15.6. The van der Waals surface area contributed by atoms with Crippen LogP contribution in [0.2, 0.25) is 0 Å². The van der Waals surface area contributed by atoms with Crippen LogP contribution in [0.1, 0.15) is 23.7 Å². The Morgan fingerprint density at radius 3 is 2.59 bits per heavy atom. The fourth-order valence-electron chi connectivity index (χ4n) is 4.63. The molecule has 2 aliphatic carbocycles. The number of rotatable bonds is 6. The van der Waals surface area contributed by atoms with E-state index in [0.717, 1.165) is 6.42 Å². The summed E-state index contributed by atoms with van der Waals surface area (Å²) in [6.45, 7) is 1.54. The maximum atomic E-state index is 12.6. The van der Waals surface area contributed by atoms with Crippen molar-refractivity contribution in [3.63, 3.8) is 0 Å². The molecule has 1 saturated heterocycles. The van der Waals surface area contributed by atoms with E-state index in [1.54, 1.807) is 19.1 Å². The zero-order chi connectivity index (χ0) is 20.7. The molecule has 3 fully saturated rings. The number of nitrogens with one attached hydrogen (secondary N) is 1. The van der Waals surface area contributed by atoms with Crippen molar-refractivity contribution in [2.24, 2.45) is 23.7 Å². The van der Waals surface area contributed by atoms with E-state index in [2.05, 4.69) is 21.2 Å². The van der Waals surface area contributed by atoms with Crippen molar-refractivity contribution in [2.45, 2.75) is 24.3 Å². The Hall–Kier alpha value is -2.42. The summed E-state index contributed by atoms with van der Waals surface area (Å²) < 4.78 is 15.5. The van der Waals surface area contributed by atoms with Gasteiger partial charge >= 0.3 is 17.9 Å². The second-order valence-electron chi connectivity index (χ2n) is 7.41. The van der Waals surface area contributed by atoms with Gasteiger partial charge < -0.3 is 19.5 Å². The third-order valence-corrected chi connectivity index (χ3v) is 7.02. The minimum atomic E-state index is -0.577. The molecular weight excluding hydrogens is 446 g/mol. The van der Waals surface area contributed by atoms with Gasteiger partial charge in [0.2, 0.25) is 0 Å². The van der Waals surface area contributed by atoms with Crippen LogP contribution in [0.15, 0.2) is 24.3 Å². The summed E-state index contributed by atoms with van der Waals surface area (Å²) in [7, 11) is 0. The molecule has 4 rings (SSSR count). The third-order valence-electron chi connectivity index (χ3n) is 5.82. The molecule has 0 spiro atoms. The Balaban J connectivity index is 1.30. The summed E-state index contributed by atoms with van der Waals surface area (Å²) >= 11 is 3.54. The van der Waals surface area contributed by atoms with Crippen molar-refractivity contribution in [1.82, 2.24) is 0 Å². The lowest BCUT2D eigenvalue weighted by atomic mass is 9.80. The van der Waals surface area contributed by atoms with Crippen LogP contribution < -0.4 is 5.32 Å². The number of halogens is 1. The number of anilines is 1. The number of hydrogen-bond acceptors (Lipinski definition) is 7. The normalized spacial score (nSPS) is 31.3. The highest BCUT2D eigenvalue weighted by molar-refractivity contribution is 9.09. The number of esters is 3. The molecule has 1 heterocycles. The zero-order valence-corrected chi connectivity index (χ0v) is 17.2. The van der Waals surface area contributed by atoms with Gasteiger partial charge in [-0.25, -0.2) is 4.79 Å². The lowest BCUT2D eigenvalue weighted by molar-refractivity contribution is -0.157. The topological polar surface area (TPSA) is 108 Å². The van der Waals surface area contributed by atoms with E-state index in [1.807, 2.05) is 0 Å². The highest BCUT2D eigenvalue weighted by Gasteiger charge is 2.68. The van der Waals surface area contributed by atoms with Gasteiger partial charge in [0.05, 0.1) is 28.8 Å². The molecule has 1 N–H and O–H groups in total. The fourth-order valence-corrected chi connectivity index (χ4v) is 5.67. The predicted molar refractivity (Wildman–Crippen MR) is 103 cm³/mol. The summed E-state index contributed by atoms with van der Waals surface area (Å²) in [5, 5.41) is 2.60. The minimum absolute atomic E-state index is 0.0209. The van der Waals surface area contributed by atoms with E-state index in [0.29, 0.717) is 11.3 Å². The molecule has 0 radical (unpaired) electrons. The highest BCUT2D eigenvalue weighted by atomic mass is 79.9. The number of hydrogen-bond donors (Lipinski definition) is 1. The number of alkyl halides is 1. The molecule has 1 amide bonds. The number of fused-ring (bicyclic) bond motifs is 1. The lowest BCUT2D eigenvalue weighted by Gasteiger charge is -2.26. The summed E-state index contributed by atoms with van der Waals surface area (Å²) in [6.07, 6.45) is 0.581. The highest BCUT2D eigenvalue weighted by Crippen LogP contribution is 2.60. The van der Waals surface area contributed by atoms with Gasteiger partial charge in [0.15, 0.2) is 6.61 Å². The van der Waals surface area contributed by atoms with Crippen LogP contribution in [0.25, 0.3) is 0 Å². The standard InChI is InChI=1S/C20H20BrNO7/c1-2-27-18(24)9-3-5-10(6-4-9)22-13(23)8-28-19(25)14-11-7-12-15(14)20(26)29-17(12)16(11)21/h3-6,11-12,14-17H,2,7-8H2,1H3,(H,22,23)/t11-,12-,14-,15+,16+,17+/m1/s1. The number of ether oxygens (including phenoxy) is 3. The first kappa shape index (κ1) is 19.9. The first-order valence-corrected chi connectivity index (χ1v) is 10.4. The molecule has 2 bridgehead atoms. The largest absolute Gasteiger partial charge is 0.462 e. The molecule has 0 aromatic heterocycles. The lowest BCUT2D eigenvalue weighted by Crippen LogP contribution is -2.39. The maximum absolute atomic E-state index is 12.6. The van der Waals surface area contributed by atoms with Gasteiger partial charge in [-0.05, 0) is 43.5 Å². The average Bonchev–Trinajstić information content (AvgIpc) is 3.31. The van der Waals surface area contributed by atoms with Gasteiger partial charge in [-0.2, -0.15) is 0 Å². The fraction of sp³-hybridized carbons (Fsp3) is 0.500. The van der Waals surface area contributed by atoms with Crippen molar-refractivity contribution in [3.05, 3.63) is 29.8 Å². The summed E-state index contributed by atoms with van der Waals surface area (Å²) in [5.74, 6) is -2.86. The Labute approximate surface area is 175 Å². The summed E-state index contributed by atoms with van der Waals surface area (Å²) in [6, 6.07) is 6.19. The summed E-state index contributed by atoms with van der Waals surface area (Å²) in [4.78, 5) is 48.4. The van der Waals surface area contributed by atoms with E-state index in [-0.39, 0.29) is 35.3 Å². The molecule has 2 saturated carbocycles. The van der Waals surface area contributed by atoms with Crippen LogP contribution in [-0.4, -0.2) is 48.0 Å². The molecule has 29 heavy (non-hydrogen) atoms. The SMILES string of the molecule is CCOC(=O)c1ccc(NC(=O)COC(=O)[C@@H]2[C@H]3C[C@H]4[C@H](OC(=O)[C@@H]42)[C@H]3Br)cc1. The van der Waals surface area contributed by atoms with Gasteiger partial charge in [-0.15, -0.1) is 0 Å². The third kappa shape index (κ3) is 3.52. The molecule has 9 heteroatoms. The minimum Gasteiger partial charge on any atom is -0.462 e. The molecule has 8 nitrogen and oxygen atoms in total. The van der Waals surface area contributed by atoms with Crippen LogP contribution in [0, 0.1) is 23.7 Å². The molecule has 0 unspecified atom stereocenters. The number of carbonyl (C=O) groups is 4. The van der Waals surface area contributed by atoms with Gasteiger partial charge in [0.1, 0.15) is 6.10 Å². The van der Waals surface area contributed by atoms with Gasteiger partial charge in [0, 0.05) is 11.6 Å². The van der Waals surface area contributed by atoms with Crippen LogP contribution in [0.4, 0.5) is 5.69 Å². The molecule has 1 aliphatic heterocycles. The van der Waals surface area contributed by atoms with Gasteiger partial charge in [0.25, 0.3) is 5.91 Å². The first-order chi connectivity index (χ1) is 13.9. The molecule has 6 atom stereocenters. The van der Waals surface area contributed by atoms with Crippen molar-refractivity contribution >= 4 is 45.4 Å². The smallest absolute Gasteiger partial charge is 0.338 e. The Morgan fingerprint density at radius 1 is 1.17 bits per heavy atom. The molecule has 1 aromatic carbocycles. The van der Waals surface area contributed by atoms with E-state index in [4.69, 9.17) is 14.2 Å². The first-order valence-electron chi connectivity index (χ1n) is 9.49. The quantitative estimate of drug-likeness (QED) is 0.388. The van der Waals surface area contributed by atoms with Crippen LogP contribution in [0.5, 0.6) is 0 Å². The van der Waals surface area contributed by atoms with Crippen molar-refractivity contribution in [3.8, 4) is 0 Å².